The van der Waals surface area contributed by atoms with Crippen molar-refractivity contribution in [1.82, 2.24) is 4.98 Å². The summed E-state index contributed by atoms with van der Waals surface area (Å²) in [7, 11) is 0. The molecular formula is C18H19BrClN3O2. The third-order valence-corrected chi connectivity index (χ3v) is 5.20. The van der Waals surface area contributed by atoms with Gasteiger partial charge in [0.25, 0.3) is 5.91 Å². The van der Waals surface area contributed by atoms with Gasteiger partial charge in [-0.3, -0.25) is 4.79 Å². The van der Waals surface area contributed by atoms with Gasteiger partial charge < -0.3 is 15.3 Å². The van der Waals surface area contributed by atoms with Crippen LogP contribution in [-0.4, -0.2) is 35.7 Å². The number of carbonyl (C=O) groups excluding carboxylic acids is 1. The molecule has 0 bridgehead atoms. The first kappa shape index (κ1) is 18.2. The lowest BCUT2D eigenvalue weighted by molar-refractivity contribution is 0.102. The van der Waals surface area contributed by atoms with Crippen LogP contribution in [0.5, 0.6) is 0 Å². The molecule has 0 aliphatic carbocycles. The molecule has 2 N–H and O–H groups in total. The Hall–Kier alpha value is -1.63. The highest BCUT2D eigenvalue weighted by Crippen LogP contribution is 2.29. The molecule has 2 heterocycles. The lowest BCUT2D eigenvalue weighted by atomic mass is 9.98. The molecule has 3 rings (SSSR count). The van der Waals surface area contributed by atoms with Crippen molar-refractivity contribution in [2.45, 2.75) is 12.8 Å². The SMILES string of the molecule is O=C(Nc1cccnc1N1CCC(CO)CC1)c1cc(Br)ccc1Cl. The van der Waals surface area contributed by atoms with Crippen LogP contribution in [0, 0.1) is 5.92 Å². The molecule has 1 amide bonds. The fraction of sp³-hybridized carbons (Fsp3) is 0.333. The molecule has 0 spiro atoms. The van der Waals surface area contributed by atoms with E-state index in [1.807, 2.05) is 6.07 Å². The number of pyridine rings is 1. The number of nitrogens with one attached hydrogen (secondary N) is 1. The number of benzene rings is 1. The van der Waals surface area contributed by atoms with Crippen LogP contribution in [0.1, 0.15) is 23.2 Å². The van der Waals surface area contributed by atoms with E-state index in [1.165, 1.54) is 0 Å². The summed E-state index contributed by atoms with van der Waals surface area (Å²) < 4.78 is 0.791. The van der Waals surface area contributed by atoms with Crippen LogP contribution in [0.25, 0.3) is 0 Å². The normalized spacial score (nSPS) is 15.2. The molecular weight excluding hydrogens is 406 g/mol. The van der Waals surface area contributed by atoms with Crippen LogP contribution in [0.4, 0.5) is 11.5 Å². The molecule has 1 saturated heterocycles. The van der Waals surface area contributed by atoms with Gasteiger partial charge in [0.1, 0.15) is 0 Å². The second-order valence-electron chi connectivity index (χ2n) is 6.07. The molecule has 1 fully saturated rings. The van der Waals surface area contributed by atoms with Crippen molar-refractivity contribution in [2.75, 3.05) is 29.9 Å². The molecule has 132 valence electrons. The van der Waals surface area contributed by atoms with Crippen molar-refractivity contribution in [3.05, 3.63) is 51.6 Å². The summed E-state index contributed by atoms with van der Waals surface area (Å²) in [5, 5.41) is 12.6. The number of anilines is 2. The highest BCUT2D eigenvalue weighted by molar-refractivity contribution is 9.10. The van der Waals surface area contributed by atoms with E-state index in [-0.39, 0.29) is 12.5 Å². The van der Waals surface area contributed by atoms with Gasteiger partial charge in [-0.15, -0.1) is 0 Å². The Morgan fingerprint density at radius 2 is 2.12 bits per heavy atom. The molecule has 0 radical (unpaired) electrons. The zero-order valence-electron chi connectivity index (χ0n) is 13.6. The summed E-state index contributed by atoms with van der Waals surface area (Å²) in [6, 6.07) is 8.80. The topological polar surface area (TPSA) is 65.5 Å². The van der Waals surface area contributed by atoms with Crippen LogP contribution < -0.4 is 10.2 Å². The lowest BCUT2D eigenvalue weighted by Crippen LogP contribution is -2.35. The van der Waals surface area contributed by atoms with Gasteiger partial charge in [0.05, 0.1) is 16.3 Å². The van der Waals surface area contributed by atoms with Gasteiger partial charge >= 0.3 is 0 Å². The minimum absolute atomic E-state index is 0.223. The van der Waals surface area contributed by atoms with Crippen LogP contribution in [0.15, 0.2) is 41.0 Å². The van der Waals surface area contributed by atoms with Crippen molar-refractivity contribution in [2.24, 2.45) is 5.92 Å². The average molecular weight is 425 g/mol. The third kappa shape index (κ3) is 4.32. The molecule has 7 heteroatoms. The fourth-order valence-electron chi connectivity index (χ4n) is 2.94. The summed E-state index contributed by atoms with van der Waals surface area (Å²) in [5.74, 6) is 0.822. The van der Waals surface area contributed by atoms with Crippen LogP contribution in [-0.2, 0) is 0 Å². The Morgan fingerprint density at radius 1 is 1.36 bits per heavy atom. The van der Waals surface area contributed by atoms with E-state index in [2.05, 4.69) is 31.1 Å². The first-order valence-electron chi connectivity index (χ1n) is 8.15. The van der Waals surface area contributed by atoms with Gasteiger partial charge in [-0.2, -0.15) is 0 Å². The number of halogens is 2. The van der Waals surface area contributed by atoms with Gasteiger partial charge in [-0.25, -0.2) is 4.98 Å². The predicted octanol–water partition coefficient (Wildman–Crippen LogP) is 3.96. The van der Waals surface area contributed by atoms with Crippen molar-refractivity contribution >= 4 is 44.9 Å². The van der Waals surface area contributed by atoms with Crippen molar-refractivity contribution < 1.29 is 9.90 Å². The zero-order chi connectivity index (χ0) is 17.8. The second kappa shape index (κ2) is 8.17. The Labute approximate surface area is 160 Å². The Bertz CT molecular complexity index is 764. The van der Waals surface area contributed by atoms with Gasteiger partial charge in [-0.05, 0) is 49.1 Å². The third-order valence-electron chi connectivity index (χ3n) is 4.38. The van der Waals surface area contributed by atoms with Gasteiger partial charge in [0.2, 0.25) is 0 Å². The molecule has 1 aliphatic rings. The number of hydrogen-bond acceptors (Lipinski definition) is 4. The van der Waals surface area contributed by atoms with E-state index in [0.29, 0.717) is 22.2 Å². The molecule has 0 atom stereocenters. The van der Waals surface area contributed by atoms with Crippen LogP contribution in [0.2, 0.25) is 5.02 Å². The summed E-state index contributed by atoms with van der Waals surface area (Å²) in [6.45, 7) is 1.84. The van der Waals surface area contributed by atoms with E-state index in [4.69, 9.17) is 11.6 Å². The summed E-state index contributed by atoms with van der Waals surface area (Å²) >= 11 is 9.51. The first-order valence-corrected chi connectivity index (χ1v) is 9.33. The predicted molar refractivity (Wildman–Crippen MR) is 103 cm³/mol. The molecule has 2 aromatic rings. The molecule has 25 heavy (non-hydrogen) atoms. The number of aliphatic hydroxyl groups excluding tert-OH is 1. The average Bonchev–Trinajstić information content (AvgIpc) is 2.64. The highest BCUT2D eigenvalue weighted by atomic mass is 79.9. The maximum atomic E-state index is 12.6. The molecule has 0 saturated carbocycles. The highest BCUT2D eigenvalue weighted by Gasteiger charge is 2.22. The Morgan fingerprint density at radius 3 is 2.84 bits per heavy atom. The van der Waals surface area contributed by atoms with E-state index in [1.54, 1.807) is 30.5 Å². The lowest BCUT2D eigenvalue weighted by Gasteiger charge is -2.33. The molecule has 1 aromatic heterocycles. The number of hydrogen-bond donors (Lipinski definition) is 2. The van der Waals surface area contributed by atoms with E-state index in [0.717, 1.165) is 36.2 Å². The van der Waals surface area contributed by atoms with E-state index in [9.17, 15) is 9.90 Å². The Kier molecular flexibility index (Phi) is 5.93. The maximum Gasteiger partial charge on any atom is 0.257 e. The monoisotopic (exact) mass is 423 g/mol. The zero-order valence-corrected chi connectivity index (χ0v) is 15.9. The van der Waals surface area contributed by atoms with Gasteiger partial charge in [0, 0.05) is 30.4 Å². The van der Waals surface area contributed by atoms with Crippen LogP contribution >= 0.6 is 27.5 Å². The fourth-order valence-corrected chi connectivity index (χ4v) is 3.50. The second-order valence-corrected chi connectivity index (χ2v) is 7.39. The minimum atomic E-state index is -0.272. The number of rotatable bonds is 4. The summed E-state index contributed by atoms with van der Waals surface area (Å²) in [4.78, 5) is 19.2. The number of amides is 1. The quantitative estimate of drug-likeness (QED) is 0.780. The standard InChI is InChI=1S/C18H19BrClN3O2/c19-13-3-4-15(20)14(10-13)18(25)22-16-2-1-7-21-17(16)23-8-5-12(11-24)6-9-23/h1-4,7,10,12,24H,5-6,8-9,11H2,(H,22,25). The number of aromatic nitrogens is 1. The number of piperidine rings is 1. The van der Waals surface area contributed by atoms with Crippen LogP contribution in [0.3, 0.4) is 0 Å². The smallest absolute Gasteiger partial charge is 0.257 e. The minimum Gasteiger partial charge on any atom is -0.396 e. The van der Waals surface area contributed by atoms with Crippen molar-refractivity contribution in [3.8, 4) is 0 Å². The molecule has 1 aromatic carbocycles. The van der Waals surface area contributed by atoms with E-state index >= 15 is 0 Å². The first-order chi connectivity index (χ1) is 12.1. The van der Waals surface area contributed by atoms with E-state index < -0.39 is 0 Å². The van der Waals surface area contributed by atoms with Crippen molar-refractivity contribution in [1.29, 1.82) is 0 Å². The largest absolute Gasteiger partial charge is 0.396 e. The summed E-state index contributed by atoms with van der Waals surface area (Å²) in [6.07, 6.45) is 3.55. The summed E-state index contributed by atoms with van der Waals surface area (Å²) in [5.41, 5.74) is 1.07. The van der Waals surface area contributed by atoms with Gasteiger partial charge in [-0.1, -0.05) is 27.5 Å². The molecule has 5 nitrogen and oxygen atoms in total. The van der Waals surface area contributed by atoms with Gasteiger partial charge in [0.15, 0.2) is 5.82 Å². The van der Waals surface area contributed by atoms with Crippen molar-refractivity contribution in [3.63, 3.8) is 0 Å². The Balaban J connectivity index is 1.79. The molecule has 1 aliphatic heterocycles. The molecule has 0 unspecified atom stereocenters. The maximum absolute atomic E-state index is 12.6. The number of carbonyl (C=O) groups is 1. The number of aliphatic hydroxyl groups is 1. The number of nitrogens with zero attached hydrogens (tertiary/aromatic N) is 2.